The highest BCUT2D eigenvalue weighted by Gasteiger charge is 2.38. The number of nitrogens with zero attached hydrogens (tertiary/aromatic N) is 7. The topological polar surface area (TPSA) is 106 Å². The molecule has 1 aliphatic rings. The van der Waals surface area contributed by atoms with Crippen LogP contribution in [0.3, 0.4) is 0 Å². The lowest BCUT2D eigenvalue weighted by molar-refractivity contribution is -0.159. The second-order valence-corrected chi connectivity index (χ2v) is 9.03. The molecule has 1 fully saturated rings. The first-order valence-electron chi connectivity index (χ1n) is 10.5. The molecule has 4 aromatic rings. The van der Waals surface area contributed by atoms with Gasteiger partial charge in [0, 0.05) is 41.8 Å². The van der Waals surface area contributed by atoms with Gasteiger partial charge in [-0.05, 0) is 31.9 Å². The zero-order valence-electron chi connectivity index (χ0n) is 18.0. The summed E-state index contributed by atoms with van der Waals surface area (Å²) in [5.74, 6) is 0.0873. The van der Waals surface area contributed by atoms with Crippen molar-refractivity contribution in [2.45, 2.75) is 31.9 Å². The molecule has 0 aromatic carbocycles. The summed E-state index contributed by atoms with van der Waals surface area (Å²) in [6, 6.07) is 7.08. The molecule has 0 aliphatic carbocycles. The zero-order valence-corrected chi connectivity index (χ0v) is 18.8. The number of anilines is 3. The summed E-state index contributed by atoms with van der Waals surface area (Å²) in [4.78, 5) is 24.2. The molecule has 5 heterocycles. The first kappa shape index (κ1) is 22.2. The largest absolute Gasteiger partial charge is 0.471 e. The lowest BCUT2D eigenvalue weighted by atomic mass is 9.93. The van der Waals surface area contributed by atoms with Crippen LogP contribution in [0.2, 0.25) is 0 Å². The van der Waals surface area contributed by atoms with E-state index in [1.54, 1.807) is 29.7 Å². The van der Waals surface area contributed by atoms with Crippen LogP contribution in [0.1, 0.15) is 35.2 Å². The fraction of sp³-hybridized carbons (Fsp3) is 0.333. The summed E-state index contributed by atoms with van der Waals surface area (Å²) in [5.41, 5.74) is 1.04. The van der Waals surface area contributed by atoms with Gasteiger partial charge in [0.25, 0.3) is 0 Å². The third kappa shape index (κ3) is 4.83. The number of aromatic nitrogens is 6. The van der Waals surface area contributed by atoms with Crippen molar-refractivity contribution in [1.82, 2.24) is 30.1 Å². The van der Waals surface area contributed by atoms with Crippen molar-refractivity contribution in [1.29, 1.82) is 0 Å². The summed E-state index contributed by atoms with van der Waals surface area (Å²) in [7, 11) is 0. The lowest BCUT2D eigenvalue weighted by Gasteiger charge is -2.32. The van der Waals surface area contributed by atoms with Crippen molar-refractivity contribution in [2.75, 3.05) is 23.3 Å². The van der Waals surface area contributed by atoms with E-state index in [1.165, 1.54) is 6.33 Å². The molecule has 4 aromatic heterocycles. The minimum Gasteiger partial charge on any atom is -0.356 e. The Balaban J connectivity index is 1.25. The van der Waals surface area contributed by atoms with Crippen LogP contribution in [-0.4, -0.2) is 43.2 Å². The first-order chi connectivity index (χ1) is 16.3. The Kier molecular flexibility index (Phi) is 5.86. The Morgan fingerprint density at radius 2 is 1.94 bits per heavy atom. The number of pyridine rings is 1. The highest BCUT2D eigenvalue weighted by molar-refractivity contribution is 7.15. The minimum atomic E-state index is -4.69. The Labute approximate surface area is 196 Å². The number of hydrogen-bond donors (Lipinski definition) is 1. The SMILES string of the molecule is Cc1cnc(Nc2cc(N3CCC(c4cccc(-c5noc(C(F)(F)F)n5)n4)CC3)ncn2)s1. The van der Waals surface area contributed by atoms with Gasteiger partial charge in [-0.15, -0.1) is 11.3 Å². The van der Waals surface area contributed by atoms with Gasteiger partial charge in [-0.1, -0.05) is 11.2 Å². The van der Waals surface area contributed by atoms with E-state index in [2.05, 4.69) is 44.8 Å². The number of rotatable bonds is 5. The fourth-order valence-corrected chi connectivity index (χ4v) is 4.43. The van der Waals surface area contributed by atoms with E-state index >= 15 is 0 Å². The van der Waals surface area contributed by atoms with Crippen molar-refractivity contribution in [2.24, 2.45) is 0 Å². The number of hydrogen-bond acceptors (Lipinski definition) is 10. The Morgan fingerprint density at radius 3 is 2.65 bits per heavy atom. The number of nitrogens with one attached hydrogen (secondary N) is 1. The maximum absolute atomic E-state index is 12.8. The lowest BCUT2D eigenvalue weighted by Crippen LogP contribution is -2.33. The van der Waals surface area contributed by atoms with Crippen LogP contribution < -0.4 is 10.2 Å². The van der Waals surface area contributed by atoms with E-state index in [1.807, 2.05) is 19.1 Å². The standard InChI is InChI=1S/C21H19F3N8OS/c1-12-10-25-20(34-12)29-16-9-17(27-11-26-16)32-7-5-13(6-8-32)14-3-2-4-15(28-14)18-30-19(33-31-18)21(22,23)24/h2-4,9-11,13H,5-8H2,1H3,(H,25,26,27,29). The summed E-state index contributed by atoms with van der Waals surface area (Å²) in [5, 5.41) is 7.40. The van der Waals surface area contributed by atoms with E-state index in [4.69, 9.17) is 0 Å². The molecular weight excluding hydrogens is 469 g/mol. The van der Waals surface area contributed by atoms with Crippen LogP contribution in [0.25, 0.3) is 11.5 Å². The molecule has 0 saturated carbocycles. The van der Waals surface area contributed by atoms with Gasteiger partial charge in [-0.2, -0.15) is 18.2 Å². The number of thiazole rings is 1. The third-order valence-corrected chi connectivity index (χ3v) is 6.24. The maximum Gasteiger partial charge on any atom is 0.471 e. The molecule has 1 saturated heterocycles. The Bertz CT molecular complexity index is 1280. The minimum absolute atomic E-state index is 0.155. The molecule has 0 spiro atoms. The maximum atomic E-state index is 12.8. The average Bonchev–Trinajstić information content (AvgIpc) is 3.49. The van der Waals surface area contributed by atoms with Crippen LogP contribution in [0.4, 0.5) is 29.9 Å². The van der Waals surface area contributed by atoms with Crippen molar-refractivity contribution < 1.29 is 17.7 Å². The monoisotopic (exact) mass is 488 g/mol. The van der Waals surface area contributed by atoms with Crippen molar-refractivity contribution >= 4 is 28.1 Å². The summed E-state index contributed by atoms with van der Waals surface area (Å²) in [6.45, 7) is 3.50. The Morgan fingerprint density at radius 1 is 1.12 bits per heavy atom. The van der Waals surface area contributed by atoms with Gasteiger partial charge in [-0.3, -0.25) is 0 Å². The van der Waals surface area contributed by atoms with Gasteiger partial charge < -0.3 is 14.7 Å². The molecule has 0 atom stereocenters. The molecule has 0 radical (unpaired) electrons. The molecule has 176 valence electrons. The third-order valence-electron chi connectivity index (χ3n) is 5.41. The van der Waals surface area contributed by atoms with Crippen LogP contribution >= 0.6 is 11.3 Å². The molecule has 1 N–H and O–H groups in total. The zero-order chi connectivity index (χ0) is 23.7. The van der Waals surface area contributed by atoms with Gasteiger partial charge >= 0.3 is 12.1 Å². The van der Waals surface area contributed by atoms with E-state index < -0.39 is 12.1 Å². The molecule has 9 nitrogen and oxygen atoms in total. The van der Waals surface area contributed by atoms with Crippen LogP contribution in [0, 0.1) is 6.92 Å². The van der Waals surface area contributed by atoms with Crippen molar-refractivity contribution in [3.8, 4) is 11.5 Å². The first-order valence-corrected chi connectivity index (χ1v) is 11.3. The van der Waals surface area contributed by atoms with Gasteiger partial charge in [0.05, 0.1) is 0 Å². The number of piperidine rings is 1. The van der Waals surface area contributed by atoms with Gasteiger partial charge in [-0.25, -0.2) is 19.9 Å². The fourth-order valence-electron chi connectivity index (χ4n) is 3.76. The van der Waals surface area contributed by atoms with E-state index in [9.17, 15) is 13.2 Å². The number of aryl methyl sites for hydroxylation is 1. The van der Waals surface area contributed by atoms with E-state index in [0.717, 1.165) is 47.5 Å². The predicted octanol–water partition coefficient (Wildman–Crippen LogP) is 4.83. The molecule has 34 heavy (non-hydrogen) atoms. The molecule has 0 unspecified atom stereocenters. The number of alkyl halides is 3. The Hall–Kier alpha value is -3.61. The number of halogens is 3. The van der Waals surface area contributed by atoms with Gasteiger partial charge in [0.15, 0.2) is 5.13 Å². The molecule has 0 amide bonds. The smallest absolute Gasteiger partial charge is 0.356 e. The molecule has 13 heteroatoms. The second-order valence-electron chi connectivity index (χ2n) is 7.79. The van der Waals surface area contributed by atoms with Crippen LogP contribution in [-0.2, 0) is 6.18 Å². The molecular formula is C21H19F3N8OS. The normalized spacial score (nSPS) is 15.0. The van der Waals surface area contributed by atoms with Crippen molar-refractivity contribution in [3.63, 3.8) is 0 Å². The second kappa shape index (κ2) is 8.97. The van der Waals surface area contributed by atoms with Crippen LogP contribution in [0.15, 0.2) is 41.3 Å². The van der Waals surface area contributed by atoms with E-state index in [-0.39, 0.29) is 17.4 Å². The molecule has 0 bridgehead atoms. The molecule has 1 aliphatic heterocycles. The van der Waals surface area contributed by atoms with E-state index in [0.29, 0.717) is 5.82 Å². The average molecular weight is 488 g/mol. The summed E-state index contributed by atoms with van der Waals surface area (Å²) in [6.07, 6.45) is 0.265. The van der Waals surface area contributed by atoms with Crippen molar-refractivity contribution in [3.05, 3.63) is 53.3 Å². The highest BCUT2D eigenvalue weighted by atomic mass is 32.1. The van der Waals surface area contributed by atoms with Crippen LogP contribution in [0.5, 0.6) is 0 Å². The quantitative estimate of drug-likeness (QED) is 0.423. The summed E-state index contributed by atoms with van der Waals surface area (Å²) >= 11 is 1.55. The molecule has 5 rings (SSSR count). The van der Waals surface area contributed by atoms with Gasteiger partial charge in [0.2, 0.25) is 5.82 Å². The highest BCUT2D eigenvalue weighted by Crippen LogP contribution is 2.32. The summed E-state index contributed by atoms with van der Waals surface area (Å²) < 4.78 is 42.6. The predicted molar refractivity (Wildman–Crippen MR) is 119 cm³/mol. The van der Waals surface area contributed by atoms with Gasteiger partial charge in [0.1, 0.15) is 23.7 Å².